The Morgan fingerprint density at radius 1 is 1.18 bits per heavy atom. The van der Waals surface area contributed by atoms with Crippen molar-refractivity contribution in [1.82, 2.24) is 19.9 Å². The highest BCUT2D eigenvalue weighted by Gasteiger charge is 2.31. The molecule has 0 spiro atoms. The molecule has 0 radical (unpaired) electrons. The van der Waals surface area contributed by atoms with Crippen LogP contribution in [-0.2, 0) is 6.18 Å². The molecule has 152 valence electrons. The molecule has 1 aliphatic heterocycles. The van der Waals surface area contributed by atoms with Crippen LogP contribution in [0.3, 0.4) is 0 Å². The minimum Gasteiger partial charge on any atom is -0.472 e. The van der Waals surface area contributed by atoms with Crippen LogP contribution in [0.2, 0.25) is 0 Å². The molecule has 1 atom stereocenters. The first kappa shape index (κ1) is 20.1. The smallest absolute Gasteiger partial charge is 0.417 e. The maximum atomic E-state index is 12.6. The summed E-state index contributed by atoms with van der Waals surface area (Å²) in [5.41, 5.74) is -0.796. The van der Waals surface area contributed by atoms with Crippen LogP contribution in [0.15, 0.2) is 18.3 Å². The second-order valence-electron chi connectivity index (χ2n) is 7.20. The van der Waals surface area contributed by atoms with Crippen molar-refractivity contribution in [3.63, 3.8) is 0 Å². The summed E-state index contributed by atoms with van der Waals surface area (Å²) >= 11 is 0. The van der Waals surface area contributed by atoms with E-state index in [1.54, 1.807) is 0 Å². The van der Waals surface area contributed by atoms with Gasteiger partial charge in [-0.3, -0.25) is 0 Å². The highest BCUT2D eigenvalue weighted by Crippen LogP contribution is 2.30. The van der Waals surface area contributed by atoms with Crippen molar-refractivity contribution in [2.24, 2.45) is 0 Å². The highest BCUT2D eigenvalue weighted by atomic mass is 19.4. The molecule has 0 aromatic carbocycles. The highest BCUT2D eigenvalue weighted by molar-refractivity contribution is 5.40. The number of hydrogen-bond donors (Lipinski definition) is 0. The quantitative estimate of drug-likeness (QED) is 0.769. The zero-order valence-electron chi connectivity index (χ0n) is 16.2. The van der Waals surface area contributed by atoms with Crippen LogP contribution in [-0.4, -0.2) is 53.2 Å². The number of hydrogen-bond acceptors (Lipinski definition) is 7. The average Bonchev–Trinajstić information content (AvgIpc) is 3.09. The summed E-state index contributed by atoms with van der Waals surface area (Å²) in [6, 6.07) is 2.22. The molecule has 0 saturated carbocycles. The van der Waals surface area contributed by atoms with Gasteiger partial charge in [0.2, 0.25) is 17.8 Å². The molecule has 1 unspecified atom stereocenters. The molecule has 0 aliphatic carbocycles. The molecule has 3 heterocycles. The molecule has 0 amide bonds. The Bertz CT molecular complexity index is 784. The lowest BCUT2D eigenvalue weighted by Gasteiger charge is -2.20. The van der Waals surface area contributed by atoms with E-state index < -0.39 is 11.7 Å². The molecular formula is C18H23F3N6O. The lowest BCUT2D eigenvalue weighted by Crippen LogP contribution is -2.28. The van der Waals surface area contributed by atoms with E-state index in [1.807, 2.05) is 37.7 Å². The minimum atomic E-state index is -4.41. The topological polar surface area (TPSA) is 67.3 Å². The first-order chi connectivity index (χ1) is 13.1. The van der Waals surface area contributed by atoms with Gasteiger partial charge in [0.05, 0.1) is 12.1 Å². The summed E-state index contributed by atoms with van der Waals surface area (Å²) < 4.78 is 43.6. The first-order valence-corrected chi connectivity index (χ1v) is 9.01. The van der Waals surface area contributed by atoms with Gasteiger partial charge in [0.15, 0.2) is 0 Å². The molecule has 7 nitrogen and oxygen atoms in total. The predicted octanol–water partition coefficient (Wildman–Crippen LogP) is 3.13. The third-order valence-electron chi connectivity index (χ3n) is 4.32. The van der Waals surface area contributed by atoms with Gasteiger partial charge < -0.3 is 14.5 Å². The number of rotatable bonds is 5. The van der Waals surface area contributed by atoms with Gasteiger partial charge in [0.25, 0.3) is 0 Å². The Hall–Kier alpha value is -2.65. The van der Waals surface area contributed by atoms with Crippen molar-refractivity contribution in [1.29, 1.82) is 0 Å². The number of halogens is 3. The van der Waals surface area contributed by atoms with Crippen LogP contribution in [0.4, 0.5) is 25.1 Å². The van der Waals surface area contributed by atoms with Crippen molar-refractivity contribution in [3.8, 4) is 5.88 Å². The number of anilines is 2. The van der Waals surface area contributed by atoms with Crippen LogP contribution in [0.5, 0.6) is 5.88 Å². The Morgan fingerprint density at radius 2 is 1.93 bits per heavy atom. The normalized spacial score (nSPS) is 17.3. The third-order valence-corrected chi connectivity index (χ3v) is 4.32. The van der Waals surface area contributed by atoms with E-state index in [4.69, 9.17) is 4.74 Å². The van der Waals surface area contributed by atoms with E-state index in [2.05, 4.69) is 19.9 Å². The molecule has 1 saturated heterocycles. The summed E-state index contributed by atoms with van der Waals surface area (Å²) in [5, 5.41) is 0. The van der Waals surface area contributed by atoms with Crippen molar-refractivity contribution in [2.45, 2.75) is 38.5 Å². The molecule has 10 heteroatoms. The summed E-state index contributed by atoms with van der Waals surface area (Å²) in [6.45, 7) is 5.24. The predicted molar refractivity (Wildman–Crippen MR) is 98.7 cm³/mol. The summed E-state index contributed by atoms with van der Waals surface area (Å²) in [5.74, 6) is 2.21. The van der Waals surface area contributed by atoms with E-state index in [0.717, 1.165) is 12.3 Å². The van der Waals surface area contributed by atoms with E-state index in [9.17, 15) is 13.2 Å². The van der Waals surface area contributed by atoms with Crippen molar-refractivity contribution in [3.05, 3.63) is 29.7 Å². The van der Waals surface area contributed by atoms with E-state index in [-0.39, 0.29) is 17.9 Å². The number of alkyl halides is 3. The molecule has 0 bridgehead atoms. The second kappa shape index (κ2) is 7.76. The largest absolute Gasteiger partial charge is 0.472 e. The number of nitrogens with zero attached hydrogens (tertiary/aromatic N) is 6. The summed E-state index contributed by atoms with van der Waals surface area (Å²) in [4.78, 5) is 21.1. The fraction of sp³-hybridized carbons (Fsp3) is 0.556. The Morgan fingerprint density at radius 3 is 2.50 bits per heavy atom. The number of pyridine rings is 1. The van der Waals surface area contributed by atoms with Gasteiger partial charge in [0.1, 0.15) is 11.9 Å². The Labute approximate surface area is 161 Å². The van der Waals surface area contributed by atoms with Gasteiger partial charge in [-0.05, 0) is 6.07 Å². The van der Waals surface area contributed by atoms with E-state index in [1.165, 1.54) is 6.07 Å². The van der Waals surface area contributed by atoms with Crippen LogP contribution in [0, 0.1) is 0 Å². The van der Waals surface area contributed by atoms with Crippen molar-refractivity contribution >= 4 is 11.9 Å². The van der Waals surface area contributed by atoms with Crippen molar-refractivity contribution < 1.29 is 17.9 Å². The van der Waals surface area contributed by atoms with Crippen LogP contribution in [0.1, 0.15) is 37.6 Å². The van der Waals surface area contributed by atoms with Gasteiger partial charge in [-0.2, -0.15) is 28.1 Å². The van der Waals surface area contributed by atoms with E-state index in [0.29, 0.717) is 37.2 Å². The maximum Gasteiger partial charge on any atom is 0.417 e. The molecule has 1 aliphatic rings. The molecule has 1 fully saturated rings. The zero-order valence-corrected chi connectivity index (χ0v) is 16.2. The Kier molecular flexibility index (Phi) is 5.57. The fourth-order valence-corrected chi connectivity index (χ4v) is 2.76. The number of aromatic nitrogens is 4. The lowest BCUT2D eigenvalue weighted by atomic mass is 10.2. The van der Waals surface area contributed by atoms with Crippen LogP contribution < -0.4 is 14.5 Å². The maximum absolute atomic E-state index is 12.6. The summed E-state index contributed by atoms with van der Waals surface area (Å²) in [6.07, 6.45) is -3.13. The van der Waals surface area contributed by atoms with Gasteiger partial charge in [-0.25, -0.2) is 4.98 Å². The fourth-order valence-electron chi connectivity index (χ4n) is 2.76. The number of ether oxygens (including phenoxy) is 1. The summed E-state index contributed by atoms with van der Waals surface area (Å²) in [7, 11) is 3.74. The SMILES string of the molecule is CC(C)c1nc(N(C)C)nc(N2CCC(Oc3ccc(C(F)(F)F)cn3)C2)n1. The zero-order chi connectivity index (χ0) is 20.5. The molecule has 0 N–H and O–H groups in total. The molecular weight excluding hydrogens is 373 g/mol. The van der Waals surface area contributed by atoms with E-state index >= 15 is 0 Å². The first-order valence-electron chi connectivity index (χ1n) is 9.01. The molecule has 3 rings (SSSR count). The van der Waals surface area contributed by atoms with Gasteiger partial charge in [-0.1, -0.05) is 13.8 Å². The van der Waals surface area contributed by atoms with Gasteiger partial charge in [-0.15, -0.1) is 0 Å². The third kappa shape index (κ3) is 4.60. The van der Waals surface area contributed by atoms with Crippen LogP contribution >= 0.6 is 0 Å². The molecule has 28 heavy (non-hydrogen) atoms. The minimum absolute atomic E-state index is 0.159. The Balaban J connectivity index is 1.70. The van der Waals surface area contributed by atoms with Gasteiger partial charge in [0, 0.05) is 45.2 Å². The monoisotopic (exact) mass is 396 g/mol. The molecule has 2 aromatic rings. The van der Waals surface area contributed by atoms with Crippen LogP contribution in [0.25, 0.3) is 0 Å². The average molecular weight is 396 g/mol. The van der Waals surface area contributed by atoms with Crippen molar-refractivity contribution in [2.75, 3.05) is 37.0 Å². The lowest BCUT2D eigenvalue weighted by molar-refractivity contribution is -0.137. The second-order valence-corrected chi connectivity index (χ2v) is 7.20. The standard InChI is InChI=1S/C18H23F3N6O/c1-11(2)15-23-16(26(3)4)25-17(24-15)27-8-7-13(10-27)28-14-6-5-12(9-22-14)18(19,20)21/h5-6,9,11,13H,7-8,10H2,1-4H3. The van der Waals surface area contributed by atoms with Gasteiger partial charge >= 0.3 is 6.18 Å². The molecule has 2 aromatic heterocycles.